The fraction of sp³-hybridized carbons (Fsp3) is 0.400. The van der Waals surface area contributed by atoms with E-state index in [1.807, 2.05) is 20.8 Å². The Labute approximate surface area is 126 Å². The smallest absolute Gasteiger partial charge is 0.164 e. The minimum atomic E-state index is 0. The first-order valence-electron chi connectivity index (χ1n) is 4.97. The fourth-order valence-corrected chi connectivity index (χ4v) is 1.87. The minimum absolute atomic E-state index is 0. The van der Waals surface area contributed by atoms with E-state index in [-0.39, 0.29) is 31.1 Å². The van der Waals surface area contributed by atoms with Gasteiger partial charge in [0.1, 0.15) is 12.6 Å². The molecule has 0 aliphatic heterocycles. The molecule has 1 atom stereocenters. The average Bonchev–Trinajstić information content (AvgIpc) is 2.52. The van der Waals surface area contributed by atoms with Gasteiger partial charge in [-0.1, -0.05) is 0 Å². The molecule has 0 radical (unpaired) electrons. The Morgan fingerprint density at radius 2 is 1.94 bits per heavy atom. The molecule has 1 unspecified atom stereocenters. The fourth-order valence-electron chi connectivity index (χ4n) is 1.79. The van der Waals surface area contributed by atoms with Crippen LogP contribution >= 0.6 is 9.24 Å². The van der Waals surface area contributed by atoms with Crippen molar-refractivity contribution in [3.63, 3.8) is 0 Å². The van der Waals surface area contributed by atoms with Gasteiger partial charge in [0.2, 0.25) is 0 Å². The second kappa shape index (κ2) is 6.24. The summed E-state index contributed by atoms with van der Waals surface area (Å²) in [5.74, 6) is 0.751. The topological polar surface area (TPSA) is 52.8 Å². The average molecular weight is 475 g/mol. The van der Waals surface area contributed by atoms with Crippen molar-refractivity contribution in [3.05, 3.63) is 23.6 Å². The van der Waals surface area contributed by atoms with Crippen LogP contribution in [0, 0.1) is 58.2 Å². The van der Waals surface area contributed by atoms with E-state index in [1.54, 1.807) is 11.0 Å². The van der Waals surface area contributed by atoms with Crippen molar-refractivity contribution >= 4 is 20.3 Å². The molecule has 0 aromatic carbocycles. The molecule has 2 heterocycles. The van der Waals surface area contributed by atoms with Crippen LogP contribution in [-0.4, -0.2) is 19.7 Å². The third-order valence-electron chi connectivity index (χ3n) is 2.35. The molecule has 0 fully saturated rings. The number of nitrogens with zero attached hydrogens (tertiary/aromatic N) is 4. The number of aromatic nitrogens is 4. The second-order valence-electron chi connectivity index (χ2n) is 3.57. The van der Waals surface area contributed by atoms with Gasteiger partial charge < -0.3 is 4.74 Å². The normalized spacial score (nSPS) is 10.6. The molecule has 0 saturated heterocycles. The van der Waals surface area contributed by atoms with Crippen molar-refractivity contribution in [1.82, 2.24) is 19.7 Å². The summed E-state index contributed by atoms with van der Waals surface area (Å²) in [6.45, 7) is 6.17. The molecule has 17 heavy (non-hydrogen) atoms. The number of hydrogen-bond donors (Lipinski definition) is 0. The van der Waals surface area contributed by atoms with Gasteiger partial charge >= 0.3 is 0 Å². The monoisotopic (exact) mass is 475 g/mol. The van der Waals surface area contributed by atoms with E-state index in [4.69, 9.17) is 4.74 Å². The van der Waals surface area contributed by atoms with Crippen molar-refractivity contribution in [2.75, 3.05) is 0 Å². The maximum absolute atomic E-state index is 5.20. The summed E-state index contributed by atoms with van der Waals surface area (Å²) in [6, 6.07) is 0. The number of fused-ring (bicyclic) bond motifs is 1. The Bertz CT molecular complexity index is 528. The number of rotatable bonds is 3. The van der Waals surface area contributed by atoms with E-state index in [9.17, 15) is 0 Å². The Kier molecular flexibility index (Phi) is 5.53. The largest absolute Gasteiger partial charge is 0.531 e. The summed E-state index contributed by atoms with van der Waals surface area (Å²) in [6.07, 6.45) is 1.56. The van der Waals surface area contributed by atoms with Gasteiger partial charge in [-0.25, -0.2) is 14.6 Å². The molecule has 0 N–H and O–H groups in total. The molecule has 0 aliphatic carbocycles. The number of hydrogen-bond acceptors (Lipinski definition) is 4. The van der Waals surface area contributed by atoms with Crippen molar-refractivity contribution in [2.45, 2.75) is 27.5 Å². The quantitative estimate of drug-likeness (QED) is 0.502. The zero-order chi connectivity index (χ0) is 11.7. The summed E-state index contributed by atoms with van der Waals surface area (Å²) in [7, 11) is 2.39. The molecule has 2 aromatic rings. The standard InChI is InChI=1S/C10H14N4OP.U/c1-6-9-7(2)13-14(4-15-5-16)10(9)12-8(3)11-6;/h5H,4,16H2,1-3H3;/q-1;. The first kappa shape index (κ1) is 15.1. The summed E-state index contributed by atoms with van der Waals surface area (Å²) in [4.78, 5) is 8.74. The van der Waals surface area contributed by atoms with E-state index in [2.05, 4.69) is 24.3 Å². The van der Waals surface area contributed by atoms with E-state index >= 15 is 0 Å². The van der Waals surface area contributed by atoms with Crippen LogP contribution in [0.2, 0.25) is 0 Å². The molecule has 2 rings (SSSR count). The van der Waals surface area contributed by atoms with Gasteiger partial charge in [0.15, 0.2) is 5.65 Å². The van der Waals surface area contributed by atoms with Crippen molar-refractivity contribution in [2.24, 2.45) is 0 Å². The maximum Gasteiger partial charge on any atom is 0.164 e. The SMILES string of the molecule is Cc1nc(C)c2c(C)nn(CO[CH-]P)c2n1.[U]. The van der Waals surface area contributed by atoms with Crippen LogP contribution in [0.3, 0.4) is 0 Å². The van der Waals surface area contributed by atoms with Crippen LogP contribution < -0.4 is 0 Å². The van der Waals surface area contributed by atoms with Crippen LogP contribution in [0.25, 0.3) is 11.0 Å². The Balaban J connectivity index is 0.00000144. The van der Waals surface area contributed by atoms with Crippen molar-refractivity contribution in [3.8, 4) is 0 Å². The van der Waals surface area contributed by atoms with Crippen LogP contribution in [0.1, 0.15) is 17.2 Å². The van der Waals surface area contributed by atoms with Gasteiger partial charge in [-0.05, 0) is 20.8 Å². The number of ether oxygens (including phenoxy) is 1. The van der Waals surface area contributed by atoms with Crippen molar-refractivity contribution in [1.29, 1.82) is 0 Å². The van der Waals surface area contributed by atoms with E-state index in [0.29, 0.717) is 6.73 Å². The molecule has 2 aromatic heterocycles. The predicted octanol–water partition coefficient (Wildman–Crippen LogP) is 1.72. The third-order valence-corrected chi connectivity index (χ3v) is 2.55. The summed E-state index contributed by atoms with van der Waals surface area (Å²) < 4.78 is 6.94. The minimum Gasteiger partial charge on any atom is -0.531 e. The first-order valence-corrected chi connectivity index (χ1v) is 5.63. The molecule has 0 amide bonds. The van der Waals surface area contributed by atoms with Gasteiger partial charge in [0.25, 0.3) is 0 Å². The van der Waals surface area contributed by atoms with Crippen LogP contribution in [0.5, 0.6) is 0 Å². The zero-order valence-electron chi connectivity index (χ0n) is 10.1. The van der Waals surface area contributed by atoms with E-state index in [0.717, 1.165) is 28.2 Å². The Morgan fingerprint density at radius 1 is 1.24 bits per heavy atom. The van der Waals surface area contributed by atoms with Gasteiger partial charge in [-0.2, -0.15) is 11.4 Å². The first-order chi connectivity index (χ1) is 7.63. The van der Waals surface area contributed by atoms with Crippen LogP contribution in [0.15, 0.2) is 0 Å². The molecule has 0 saturated carbocycles. The molecular formula is C10H14N4OPU-. The molecule has 0 aliphatic rings. The molecule has 0 spiro atoms. The Hall–Kier alpha value is -0.00805. The summed E-state index contributed by atoms with van der Waals surface area (Å²) in [5.41, 5.74) is 2.72. The van der Waals surface area contributed by atoms with Crippen molar-refractivity contribution < 1.29 is 35.9 Å². The van der Waals surface area contributed by atoms with Crippen LogP contribution in [0.4, 0.5) is 0 Å². The summed E-state index contributed by atoms with van der Waals surface area (Å²) >= 11 is 0. The van der Waals surface area contributed by atoms with E-state index < -0.39 is 0 Å². The molecule has 0 bridgehead atoms. The molecule has 5 nitrogen and oxygen atoms in total. The second-order valence-corrected chi connectivity index (χ2v) is 3.84. The van der Waals surface area contributed by atoms with E-state index in [1.165, 1.54) is 0 Å². The van der Waals surface area contributed by atoms with Gasteiger partial charge in [-0.3, -0.25) is 9.24 Å². The molecule has 7 heteroatoms. The van der Waals surface area contributed by atoms with Gasteiger partial charge in [-0.15, -0.1) is 0 Å². The van der Waals surface area contributed by atoms with Crippen LogP contribution in [-0.2, 0) is 11.5 Å². The molecule has 90 valence electrons. The maximum atomic E-state index is 5.20. The summed E-state index contributed by atoms with van der Waals surface area (Å²) in [5, 5.41) is 5.40. The number of aryl methyl sites for hydroxylation is 3. The Morgan fingerprint density at radius 3 is 2.59 bits per heavy atom. The predicted molar refractivity (Wildman–Crippen MR) is 64.6 cm³/mol. The third kappa shape index (κ3) is 3.06. The van der Waals surface area contributed by atoms with Gasteiger partial charge in [0.05, 0.1) is 16.8 Å². The molecular weight excluding hydrogens is 461 g/mol. The van der Waals surface area contributed by atoms with Gasteiger partial charge in [0, 0.05) is 31.1 Å². The zero-order valence-corrected chi connectivity index (χ0v) is 15.4.